The summed E-state index contributed by atoms with van der Waals surface area (Å²) in [6, 6.07) is 26.2. The molecule has 2 aromatic heterocycles. The second-order valence-corrected chi connectivity index (χ2v) is 7.88. The van der Waals surface area contributed by atoms with E-state index in [0.29, 0.717) is 36.5 Å². The average molecular weight is 473 g/mol. The predicted octanol–water partition coefficient (Wildman–Crippen LogP) is 6.31. The minimum absolute atomic E-state index is 0.206. The van der Waals surface area contributed by atoms with E-state index < -0.39 is 0 Å². The molecule has 7 heteroatoms. The van der Waals surface area contributed by atoms with Crippen LogP contribution in [0.3, 0.4) is 0 Å². The summed E-state index contributed by atoms with van der Waals surface area (Å²) in [7, 11) is 0. The Labute approximate surface area is 205 Å². The van der Waals surface area contributed by atoms with Crippen molar-refractivity contribution >= 4 is 0 Å². The highest BCUT2D eigenvalue weighted by Crippen LogP contribution is 2.25. The van der Waals surface area contributed by atoms with Crippen LogP contribution < -0.4 is 18.9 Å². The number of para-hydroxylation sites is 2. The highest BCUT2D eigenvalue weighted by atomic mass is 16.6. The standard InChI is InChI=1S/C28H28N2O5/c1-21(32-27-17-25(13-15-29-27)34-23-9-5-3-6-10-23)19-31-20-22(2)33-28-18-26(14-16-30-28)35-24-11-7-4-8-12-24/h3-18,21-22H,19-20H2,1-2H3. The largest absolute Gasteiger partial charge is 0.472 e. The van der Waals surface area contributed by atoms with E-state index in [4.69, 9.17) is 23.7 Å². The fourth-order valence-corrected chi connectivity index (χ4v) is 3.17. The second-order valence-electron chi connectivity index (χ2n) is 7.88. The molecule has 0 bridgehead atoms. The van der Waals surface area contributed by atoms with Crippen LogP contribution in [-0.4, -0.2) is 35.4 Å². The summed E-state index contributed by atoms with van der Waals surface area (Å²) in [5, 5.41) is 0. The number of aromatic nitrogens is 2. The topological polar surface area (TPSA) is 71.9 Å². The third kappa shape index (κ3) is 8.01. The predicted molar refractivity (Wildman–Crippen MR) is 133 cm³/mol. The van der Waals surface area contributed by atoms with Crippen LogP contribution in [0.25, 0.3) is 0 Å². The van der Waals surface area contributed by atoms with Crippen molar-refractivity contribution in [3.05, 3.63) is 97.3 Å². The second kappa shape index (κ2) is 12.4. The molecule has 0 N–H and O–H groups in total. The molecule has 0 aliphatic heterocycles. The first-order valence-electron chi connectivity index (χ1n) is 11.4. The van der Waals surface area contributed by atoms with Crippen molar-refractivity contribution in [3.63, 3.8) is 0 Å². The van der Waals surface area contributed by atoms with Gasteiger partial charge in [0.1, 0.15) is 35.2 Å². The number of benzene rings is 2. The lowest BCUT2D eigenvalue weighted by atomic mass is 10.3. The Morgan fingerprint density at radius 1 is 0.571 bits per heavy atom. The number of hydrogen-bond donors (Lipinski definition) is 0. The molecule has 2 heterocycles. The molecule has 2 aromatic carbocycles. The highest BCUT2D eigenvalue weighted by Gasteiger charge is 2.11. The maximum absolute atomic E-state index is 5.88. The normalized spacial score (nSPS) is 12.4. The van der Waals surface area contributed by atoms with Gasteiger partial charge in [-0.3, -0.25) is 0 Å². The molecule has 180 valence electrons. The van der Waals surface area contributed by atoms with Crippen LogP contribution in [-0.2, 0) is 4.74 Å². The lowest BCUT2D eigenvalue weighted by Crippen LogP contribution is -2.25. The van der Waals surface area contributed by atoms with E-state index in [9.17, 15) is 0 Å². The van der Waals surface area contributed by atoms with Crippen molar-refractivity contribution in [2.75, 3.05) is 13.2 Å². The fraction of sp³-hybridized carbons (Fsp3) is 0.214. The Hall–Kier alpha value is -4.10. The molecule has 0 amide bonds. The zero-order valence-corrected chi connectivity index (χ0v) is 19.7. The van der Waals surface area contributed by atoms with Crippen molar-refractivity contribution < 1.29 is 23.7 Å². The van der Waals surface area contributed by atoms with E-state index in [1.807, 2.05) is 74.5 Å². The molecule has 0 spiro atoms. The molecule has 0 aliphatic rings. The van der Waals surface area contributed by atoms with Crippen molar-refractivity contribution in [3.8, 4) is 34.8 Å². The Bertz CT molecular complexity index is 1080. The van der Waals surface area contributed by atoms with Gasteiger partial charge in [-0.05, 0) is 50.2 Å². The van der Waals surface area contributed by atoms with Crippen LogP contribution in [0, 0.1) is 0 Å². The van der Waals surface area contributed by atoms with Crippen molar-refractivity contribution in [1.29, 1.82) is 0 Å². The minimum atomic E-state index is -0.206. The monoisotopic (exact) mass is 472 g/mol. The van der Waals surface area contributed by atoms with E-state index in [1.54, 1.807) is 36.7 Å². The number of pyridine rings is 2. The summed E-state index contributed by atoms with van der Waals surface area (Å²) < 4.78 is 29.2. The molecule has 4 rings (SSSR count). The molecule has 7 nitrogen and oxygen atoms in total. The summed E-state index contributed by atoms with van der Waals surface area (Å²) >= 11 is 0. The summed E-state index contributed by atoms with van der Waals surface area (Å²) in [6.07, 6.45) is 2.89. The molecule has 0 saturated heterocycles. The zero-order chi connectivity index (χ0) is 24.3. The van der Waals surface area contributed by atoms with Gasteiger partial charge in [0.2, 0.25) is 11.8 Å². The summed E-state index contributed by atoms with van der Waals surface area (Å²) in [5.74, 6) is 3.75. The third-order valence-electron chi connectivity index (χ3n) is 4.72. The maximum atomic E-state index is 5.88. The minimum Gasteiger partial charge on any atom is -0.472 e. The molecule has 2 atom stereocenters. The summed E-state index contributed by atoms with van der Waals surface area (Å²) in [6.45, 7) is 4.60. The van der Waals surface area contributed by atoms with E-state index >= 15 is 0 Å². The van der Waals surface area contributed by atoms with Gasteiger partial charge in [0.25, 0.3) is 0 Å². The summed E-state index contributed by atoms with van der Waals surface area (Å²) in [4.78, 5) is 8.51. The number of ether oxygens (including phenoxy) is 5. The van der Waals surface area contributed by atoms with Gasteiger partial charge in [-0.1, -0.05) is 36.4 Å². The van der Waals surface area contributed by atoms with E-state index in [0.717, 1.165) is 11.5 Å². The number of hydrogen-bond acceptors (Lipinski definition) is 7. The van der Waals surface area contributed by atoms with Gasteiger partial charge in [0.15, 0.2) is 0 Å². The fourth-order valence-electron chi connectivity index (χ4n) is 3.17. The van der Waals surface area contributed by atoms with Crippen molar-refractivity contribution in [2.45, 2.75) is 26.1 Å². The van der Waals surface area contributed by atoms with Crippen LogP contribution in [0.2, 0.25) is 0 Å². The van der Waals surface area contributed by atoms with Crippen LogP contribution >= 0.6 is 0 Å². The van der Waals surface area contributed by atoms with Gasteiger partial charge >= 0.3 is 0 Å². The molecule has 0 radical (unpaired) electrons. The smallest absolute Gasteiger partial charge is 0.217 e. The highest BCUT2D eigenvalue weighted by molar-refractivity contribution is 5.33. The van der Waals surface area contributed by atoms with E-state index in [-0.39, 0.29) is 12.2 Å². The van der Waals surface area contributed by atoms with Crippen molar-refractivity contribution in [2.24, 2.45) is 0 Å². The van der Waals surface area contributed by atoms with E-state index in [1.165, 1.54) is 0 Å². The van der Waals surface area contributed by atoms with E-state index in [2.05, 4.69) is 9.97 Å². The number of rotatable bonds is 12. The first kappa shape index (κ1) is 24.0. The quantitative estimate of drug-likeness (QED) is 0.239. The first-order valence-corrected chi connectivity index (χ1v) is 11.4. The Balaban J connectivity index is 1.20. The van der Waals surface area contributed by atoms with Crippen molar-refractivity contribution in [1.82, 2.24) is 9.97 Å². The molecule has 0 fully saturated rings. The van der Waals surface area contributed by atoms with Crippen LogP contribution in [0.15, 0.2) is 97.3 Å². The Morgan fingerprint density at radius 2 is 1.00 bits per heavy atom. The molecular weight excluding hydrogens is 444 g/mol. The average Bonchev–Trinajstić information content (AvgIpc) is 2.86. The van der Waals surface area contributed by atoms with Crippen LogP contribution in [0.4, 0.5) is 0 Å². The third-order valence-corrected chi connectivity index (χ3v) is 4.72. The zero-order valence-electron chi connectivity index (χ0n) is 19.7. The number of nitrogens with zero attached hydrogens (tertiary/aromatic N) is 2. The SMILES string of the molecule is CC(COCC(C)Oc1cc(Oc2ccccc2)ccn1)Oc1cc(Oc2ccccc2)ccn1. The first-order chi connectivity index (χ1) is 17.1. The molecule has 0 saturated carbocycles. The maximum Gasteiger partial charge on any atom is 0.217 e. The van der Waals surface area contributed by atoms with Gasteiger partial charge < -0.3 is 23.7 Å². The van der Waals surface area contributed by atoms with Gasteiger partial charge in [0.05, 0.1) is 13.2 Å². The Morgan fingerprint density at radius 3 is 1.43 bits per heavy atom. The molecule has 2 unspecified atom stereocenters. The Kier molecular flexibility index (Phi) is 8.51. The van der Waals surface area contributed by atoms with Crippen LogP contribution in [0.1, 0.15) is 13.8 Å². The lowest BCUT2D eigenvalue weighted by Gasteiger charge is -2.18. The van der Waals surface area contributed by atoms with Crippen LogP contribution in [0.5, 0.6) is 34.8 Å². The van der Waals surface area contributed by atoms with Gasteiger partial charge in [-0.15, -0.1) is 0 Å². The molecule has 35 heavy (non-hydrogen) atoms. The summed E-state index contributed by atoms with van der Waals surface area (Å²) in [5.41, 5.74) is 0. The van der Waals surface area contributed by atoms with Gasteiger partial charge in [0, 0.05) is 24.5 Å². The molecule has 4 aromatic rings. The lowest BCUT2D eigenvalue weighted by molar-refractivity contribution is 0.0164. The molecule has 0 aliphatic carbocycles. The van der Waals surface area contributed by atoms with Gasteiger partial charge in [-0.2, -0.15) is 0 Å². The molecular formula is C28H28N2O5. The van der Waals surface area contributed by atoms with Gasteiger partial charge in [-0.25, -0.2) is 9.97 Å².